The van der Waals surface area contributed by atoms with Crippen LogP contribution in [0.4, 0.5) is 0 Å². The molecule has 0 amide bonds. The lowest BCUT2D eigenvalue weighted by Crippen LogP contribution is -2.31. The molecule has 0 fully saturated rings. The Bertz CT molecular complexity index is 1010. The third kappa shape index (κ3) is 2.92. The van der Waals surface area contributed by atoms with Gasteiger partial charge in [0.2, 0.25) is 15.0 Å². The van der Waals surface area contributed by atoms with E-state index in [0.29, 0.717) is 6.54 Å². The number of hydrogen-bond acceptors (Lipinski definition) is 5. The number of H-pyrrole nitrogens is 1. The number of hydrogen-bond donors (Lipinski definition) is 1. The van der Waals surface area contributed by atoms with Gasteiger partial charge in [-0.25, -0.2) is 18.4 Å². The van der Waals surface area contributed by atoms with E-state index >= 15 is 0 Å². The maximum absolute atomic E-state index is 11.6. The summed E-state index contributed by atoms with van der Waals surface area (Å²) in [6.45, 7) is 2.38. The lowest BCUT2D eigenvalue weighted by Gasteiger charge is -2.27. The molecule has 4 rings (SSSR count). The van der Waals surface area contributed by atoms with Gasteiger partial charge in [0.25, 0.3) is 0 Å². The lowest BCUT2D eigenvalue weighted by molar-refractivity contribution is 0.240. The Kier molecular flexibility index (Phi) is 3.62. The SMILES string of the molecule is CS(=O)(=O)c1ncc2c(n1)CN(Cc1ccc3[nH]ccc3c1)CC2. The molecule has 24 heavy (non-hydrogen) atoms. The molecule has 1 aliphatic heterocycles. The zero-order valence-electron chi connectivity index (χ0n) is 13.4. The Morgan fingerprint density at radius 3 is 3.00 bits per heavy atom. The zero-order valence-corrected chi connectivity index (χ0v) is 14.2. The molecule has 3 heterocycles. The molecular weight excluding hydrogens is 324 g/mol. The quantitative estimate of drug-likeness (QED) is 0.736. The highest BCUT2D eigenvalue weighted by atomic mass is 32.2. The van der Waals surface area contributed by atoms with Crippen LogP contribution >= 0.6 is 0 Å². The average Bonchev–Trinajstić information content (AvgIpc) is 3.01. The Hall–Kier alpha value is -2.25. The second kappa shape index (κ2) is 5.68. The highest BCUT2D eigenvalue weighted by Gasteiger charge is 2.21. The monoisotopic (exact) mass is 342 g/mol. The normalized spacial score (nSPS) is 15.5. The number of rotatable bonds is 3. The van der Waals surface area contributed by atoms with E-state index in [-0.39, 0.29) is 5.16 Å². The van der Waals surface area contributed by atoms with Gasteiger partial charge in [-0.1, -0.05) is 6.07 Å². The van der Waals surface area contributed by atoms with Crippen molar-refractivity contribution in [3.8, 4) is 0 Å². The van der Waals surface area contributed by atoms with Crippen molar-refractivity contribution in [1.82, 2.24) is 19.9 Å². The van der Waals surface area contributed by atoms with Gasteiger partial charge >= 0.3 is 0 Å². The number of benzene rings is 1. The van der Waals surface area contributed by atoms with Crippen molar-refractivity contribution in [2.75, 3.05) is 12.8 Å². The summed E-state index contributed by atoms with van der Waals surface area (Å²) < 4.78 is 23.3. The molecule has 0 bridgehead atoms. The topological polar surface area (TPSA) is 79.0 Å². The van der Waals surface area contributed by atoms with Gasteiger partial charge in [-0.2, -0.15) is 0 Å². The molecule has 6 nitrogen and oxygen atoms in total. The Morgan fingerprint density at radius 2 is 2.17 bits per heavy atom. The Labute approximate surface area is 140 Å². The van der Waals surface area contributed by atoms with Gasteiger partial charge < -0.3 is 4.98 Å². The molecule has 0 saturated heterocycles. The number of aromatic amines is 1. The Morgan fingerprint density at radius 1 is 1.29 bits per heavy atom. The molecule has 0 unspecified atom stereocenters. The standard InChI is InChI=1S/C17H18N4O2S/c1-24(22,23)17-19-9-14-5-7-21(11-16(14)20-17)10-12-2-3-15-13(8-12)4-6-18-15/h2-4,6,8-9,18H,5,7,10-11H2,1H3. The van der Waals surface area contributed by atoms with E-state index < -0.39 is 9.84 Å². The molecule has 3 aromatic rings. The van der Waals surface area contributed by atoms with E-state index in [2.05, 4.69) is 44.1 Å². The first-order valence-electron chi connectivity index (χ1n) is 7.82. The predicted octanol–water partition coefficient (Wildman–Crippen LogP) is 1.92. The zero-order chi connectivity index (χ0) is 16.7. The highest BCUT2D eigenvalue weighted by Crippen LogP contribution is 2.21. The average molecular weight is 342 g/mol. The van der Waals surface area contributed by atoms with Gasteiger partial charge in [0.05, 0.1) is 5.69 Å². The summed E-state index contributed by atoms with van der Waals surface area (Å²) in [6.07, 6.45) is 5.57. The van der Waals surface area contributed by atoms with Gasteiger partial charge in [-0.3, -0.25) is 4.90 Å². The molecule has 0 spiro atoms. The number of nitrogens with zero attached hydrogens (tertiary/aromatic N) is 3. The second-order valence-corrected chi connectivity index (χ2v) is 8.17. The maximum Gasteiger partial charge on any atom is 0.247 e. The largest absolute Gasteiger partial charge is 0.361 e. The van der Waals surface area contributed by atoms with Crippen molar-refractivity contribution >= 4 is 20.7 Å². The van der Waals surface area contributed by atoms with E-state index in [0.717, 1.165) is 42.5 Å². The van der Waals surface area contributed by atoms with E-state index in [1.807, 2.05) is 6.20 Å². The fourth-order valence-corrected chi connectivity index (χ4v) is 3.63. The lowest BCUT2D eigenvalue weighted by atomic mass is 10.1. The highest BCUT2D eigenvalue weighted by molar-refractivity contribution is 7.90. The number of nitrogens with one attached hydrogen (secondary N) is 1. The smallest absolute Gasteiger partial charge is 0.247 e. The van der Waals surface area contributed by atoms with Gasteiger partial charge in [-0.15, -0.1) is 0 Å². The Balaban J connectivity index is 1.56. The molecule has 124 valence electrons. The second-order valence-electron chi connectivity index (χ2n) is 6.26. The molecule has 1 aromatic carbocycles. The van der Waals surface area contributed by atoms with Crippen molar-refractivity contribution in [1.29, 1.82) is 0 Å². The molecule has 0 atom stereocenters. The summed E-state index contributed by atoms with van der Waals surface area (Å²) in [6, 6.07) is 8.46. The van der Waals surface area contributed by atoms with Crippen molar-refractivity contribution in [3.05, 3.63) is 53.5 Å². The first kappa shape index (κ1) is 15.3. The molecule has 0 radical (unpaired) electrons. The minimum absolute atomic E-state index is 0.0863. The maximum atomic E-state index is 11.6. The van der Waals surface area contributed by atoms with Crippen LogP contribution in [0.1, 0.15) is 16.8 Å². The minimum Gasteiger partial charge on any atom is -0.361 e. The number of sulfone groups is 1. The third-order valence-electron chi connectivity index (χ3n) is 4.36. The van der Waals surface area contributed by atoms with Crippen LogP contribution in [0.2, 0.25) is 0 Å². The van der Waals surface area contributed by atoms with Crippen molar-refractivity contribution in [2.24, 2.45) is 0 Å². The molecule has 1 aliphatic rings. The van der Waals surface area contributed by atoms with E-state index in [4.69, 9.17) is 0 Å². The fraction of sp³-hybridized carbons (Fsp3) is 0.294. The molecule has 7 heteroatoms. The van der Waals surface area contributed by atoms with Crippen LogP contribution in [0.25, 0.3) is 10.9 Å². The predicted molar refractivity (Wildman–Crippen MR) is 91.3 cm³/mol. The van der Waals surface area contributed by atoms with Crippen molar-refractivity contribution < 1.29 is 8.42 Å². The van der Waals surface area contributed by atoms with E-state index in [9.17, 15) is 8.42 Å². The molecular formula is C17H18N4O2S. The number of aromatic nitrogens is 3. The number of fused-ring (bicyclic) bond motifs is 2. The molecule has 0 aliphatic carbocycles. The fourth-order valence-electron chi connectivity index (χ4n) is 3.11. The van der Waals surface area contributed by atoms with E-state index in [1.54, 1.807) is 6.20 Å². The van der Waals surface area contributed by atoms with Crippen molar-refractivity contribution in [3.63, 3.8) is 0 Å². The van der Waals surface area contributed by atoms with Gasteiger partial charge in [0, 0.05) is 43.8 Å². The van der Waals surface area contributed by atoms with Crippen molar-refractivity contribution in [2.45, 2.75) is 24.7 Å². The minimum atomic E-state index is -3.37. The summed E-state index contributed by atoms with van der Waals surface area (Å²) in [5, 5.41) is 1.11. The summed E-state index contributed by atoms with van der Waals surface area (Å²) in [5.74, 6) is 0. The summed E-state index contributed by atoms with van der Waals surface area (Å²) in [4.78, 5) is 13.7. The third-order valence-corrected chi connectivity index (χ3v) is 5.22. The van der Waals surface area contributed by atoms with Gasteiger partial charge in [0.1, 0.15) is 0 Å². The van der Waals surface area contributed by atoms with Crippen LogP contribution in [-0.2, 0) is 29.3 Å². The van der Waals surface area contributed by atoms with Crippen LogP contribution in [0.3, 0.4) is 0 Å². The van der Waals surface area contributed by atoms with Crippen LogP contribution in [-0.4, -0.2) is 41.1 Å². The first-order valence-corrected chi connectivity index (χ1v) is 9.71. The van der Waals surface area contributed by atoms with Crippen LogP contribution < -0.4 is 0 Å². The van der Waals surface area contributed by atoms with Crippen LogP contribution in [0, 0.1) is 0 Å². The van der Waals surface area contributed by atoms with E-state index in [1.165, 1.54) is 10.9 Å². The van der Waals surface area contributed by atoms with Gasteiger partial charge in [-0.05, 0) is 41.1 Å². The van der Waals surface area contributed by atoms with Gasteiger partial charge in [0.15, 0.2) is 0 Å². The van der Waals surface area contributed by atoms with Crippen LogP contribution in [0.15, 0.2) is 41.8 Å². The summed E-state index contributed by atoms with van der Waals surface area (Å²) >= 11 is 0. The molecule has 2 aromatic heterocycles. The summed E-state index contributed by atoms with van der Waals surface area (Å²) in [7, 11) is -3.37. The molecule has 1 N–H and O–H groups in total. The summed E-state index contributed by atoms with van der Waals surface area (Å²) in [5.41, 5.74) is 4.23. The first-order chi connectivity index (χ1) is 11.5. The molecule has 0 saturated carbocycles. The van der Waals surface area contributed by atoms with Crippen LogP contribution in [0.5, 0.6) is 0 Å².